The average Bonchev–Trinajstić information content (AvgIpc) is 2.65. The number of esters is 2. The molecule has 100 valence electrons. The van der Waals surface area contributed by atoms with Gasteiger partial charge in [-0.3, -0.25) is 0 Å². The molecule has 1 aromatic carbocycles. The predicted octanol–water partition coefficient (Wildman–Crippen LogP) is 2.19. The highest BCUT2D eigenvalue weighted by atomic mass is 16.6. The van der Waals surface area contributed by atoms with E-state index in [2.05, 4.69) is 0 Å². The Morgan fingerprint density at radius 2 is 2.05 bits per heavy atom. The van der Waals surface area contributed by atoms with Crippen molar-refractivity contribution in [3.63, 3.8) is 0 Å². The van der Waals surface area contributed by atoms with Crippen LogP contribution in [-0.4, -0.2) is 24.6 Å². The number of rotatable bonds is 3. The number of ether oxygens (including phenoxy) is 2. The number of cyclic esters (lactones) is 1. The van der Waals surface area contributed by atoms with Gasteiger partial charge >= 0.3 is 11.9 Å². The van der Waals surface area contributed by atoms with Crippen molar-refractivity contribution in [2.75, 3.05) is 6.61 Å². The molecule has 0 amide bonds. The molecule has 0 spiro atoms. The quantitative estimate of drug-likeness (QED) is 0.617. The summed E-state index contributed by atoms with van der Waals surface area (Å²) in [7, 11) is 0. The van der Waals surface area contributed by atoms with Gasteiger partial charge in [0.05, 0.1) is 0 Å². The van der Waals surface area contributed by atoms with E-state index in [0.29, 0.717) is 0 Å². The Labute approximate surface area is 112 Å². The van der Waals surface area contributed by atoms with Crippen LogP contribution in [0.3, 0.4) is 0 Å². The molecule has 2 rings (SSSR count). The molecule has 1 aromatic rings. The third-order valence-corrected chi connectivity index (χ3v) is 2.96. The van der Waals surface area contributed by atoms with Crippen molar-refractivity contribution in [2.45, 2.75) is 20.0 Å². The van der Waals surface area contributed by atoms with E-state index >= 15 is 0 Å². The van der Waals surface area contributed by atoms with Gasteiger partial charge in [-0.25, -0.2) is 9.59 Å². The molecule has 1 saturated heterocycles. The number of hydrogen-bond acceptors (Lipinski definition) is 4. The largest absolute Gasteiger partial charge is 0.462 e. The van der Waals surface area contributed by atoms with E-state index in [4.69, 9.17) is 9.47 Å². The lowest BCUT2D eigenvalue weighted by Crippen LogP contribution is -2.34. The third-order valence-electron chi connectivity index (χ3n) is 2.96. The first-order chi connectivity index (χ1) is 8.99. The Morgan fingerprint density at radius 3 is 2.63 bits per heavy atom. The molecule has 0 saturated carbocycles. The van der Waals surface area contributed by atoms with E-state index in [1.54, 1.807) is 6.08 Å². The first-order valence-corrected chi connectivity index (χ1v) is 6.09. The van der Waals surface area contributed by atoms with Gasteiger partial charge in [0.15, 0.2) is 0 Å². The molecule has 1 aliphatic heterocycles. The van der Waals surface area contributed by atoms with Crippen LogP contribution in [0.25, 0.3) is 6.08 Å². The summed E-state index contributed by atoms with van der Waals surface area (Å²) in [6, 6.07) is 9.40. The zero-order chi connectivity index (χ0) is 13.9. The minimum Gasteiger partial charge on any atom is -0.462 e. The van der Waals surface area contributed by atoms with Crippen LogP contribution in [0.15, 0.2) is 36.4 Å². The van der Waals surface area contributed by atoms with Crippen LogP contribution in [-0.2, 0) is 19.1 Å². The Hall–Kier alpha value is -2.10. The lowest BCUT2D eigenvalue weighted by atomic mass is 9.90. The molecular formula is C15H16O4. The van der Waals surface area contributed by atoms with Crippen LogP contribution in [0.4, 0.5) is 0 Å². The van der Waals surface area contributed by atoms with E-state index in [1.165, 1.54) is 6.08 Å². The highest BCUT2D eigenvalue weighted by molar-refractivity contribution is 5.90. The summed E-state index contributed by atoms with van der Waals surface area (Å²) in [5.74, 6) is -1.02. The van der Waals surface area contributed by atoms with Crippen molar-refractivity contribution >= 4 is 18.0 Å². The molecule has 1 unspecified atom stereocenters. The maximum absolute atomic E-state index is 11.7. The molecule has 4 nitrogen and oxygen atoms in total. The normalized spacial score (nSPS) is 21.4. The van der Waals surface area contributed by atoms with Crippen LogP contribution in [0.1, 0.15) is 19.4 Å². The standard InChI is InChI=1S/C15H16O4/c1-15(2)10-18-14(17)13(15)19-12(16)9-8-11-6-4-3-5-7-11/h3-9,13H,10H2,1-2H3/b9-8+. The molecule has 0 bridgehead atoms. The van der Waals surface area contributed by atoms with Crippen LogP contribution in [0, 0.1) is 5.41 Å². The maximum atomic E-state index is 11.7. The molecule has 0 radical (unpaired) electrons. The van der Waals surface area contributed by atoms with Gasteiger partial charge in [0.25, 0.3) is 0 Å². The van der Waals surface area contributed by atoms with Crippen LogP contribution >= 0.6 is 0 Å². The number of carbonyl (C=O) groups is 2. The SMILES string of the molecule is CC1(C)COC(=O)C1OC(=O)/C=C/c1ccccc1. The highest BCUT2D eigenvalue weighted by Gasteiger charge is 2.46. The Balaban J connectivity index is 1.98. The molecule has 1 fully saturated rings. The predicted molar refractivity (Wildman–Crippen MR) is 70.1 cm³/mol. The second-order valence-electron chi connectivity index (χ2n) is 5.16. The molecule has 0 aliphatic carbocycles. The van der Waals surface area contributed by atoms with Gasteiger partial charge < -0.3 is 9.47 Å². The topological polar surface area (TPSA) is 52.6 Å². The van der Waals surface area contributed by atoms with Gasteiger partial charge in [0.2, 0.25) is 6.10 Å². The molecule has 1 aliphatic rings. The van der Waals surface area contributed by atoms with Crippen LogP contribution in [0.2, 0.25) is 0 Å². The van der Waals surface area contributed by atoms with Crippen molar-refractivity contribution in [1.82, 2.24) is 0 Å². The first kappa shape index (κ1) is 13.3. The van der Waals surface area contributed by atoms with Gasteiger partial charge in [0.1, 0.15) is 6.61 Å². The number of carbonyl (C=O) groups excluding carboxylic acids is 2. The minimum absolute atomic E-state index is 0.270. The first-order valence-electron chi connectivity index (χ1n) is 6.09. The van der Waals surface area contributed by atoms with E-state index < -0.39 is 23.5 Å². The Morgan fingerprint density at radius 1 is 1.37 bits per heavy atom. The maximum Gasteiger partial charge on any atom is 0.348 e. The summed E-state index contributed by atoms with van der Waals surface area (Å²) in [5.41, 5.74) is 0.417. The number of benzene rings is 1. The van der Waals surface area contributed by atoms with E-state index in [9.17, 15) is 9.59 Å². The molecule has 4 heteroatoms. The monoisotopic (exact) mass is 260 g/mol. The van der Waals surface area contributed by atoms with E-state index in [0.717, 1.165) is 5.56 Å². The smallest absolute Gasteiger partial charge is 0.348 e. The zero-order valence-corrected chi connectivity index (χ0v) is 11.0. The molecule has 1 atom stereocenters. The van der Waals surface area contributed by atoms with Crippen molar-refractivity contribution in [2.24, 2.45) is 5.41 Å². The summed E-state index contributed by atoms with van der Waals surface area (Å²) in [6.45, 7) is 3.93. The van der Waals surface area contributed by atoms with Crippen LogP contribution in [0.5, 0.6) is 0 Å². The van der Waals surface area contributed by atoms with Gasteiger partial charge in [-0.15, -0.1) is 0 Å². The van der Waals surface area contributed by atoms with Crippen LogP contribution < -0.4 is 0 Å². The van der Waals surface area contributed by atoms with Gasteiger partial charge in [0, 0.05) is 11.5 Å². The Bertz CT molecular complexity index is 502. The van der Waals surface area contributed by atoms with Crippen molar-refractivity contribution in [3.8, 4) is 0 Å². The second kappa shape index (κ2) is 5.26. The van der Waals surface area contributed by atoms with Gasteiger partial charge in [-0.05, 0) is 11.6 Å². The second-order valence-corrected chi connectivity index (χ2v) is 5.16. The molecule has 19 heavy (non-hydrogen) atoms. The molecule has 0 aromatic heterocycles. The highest BCUT2D eigenvalue weighted by Crippen LogP contribution is 2.31. The third kappa shape index (κ3) is 3.22. The van der Waals surface area contributed by atoms with Crippen molar-refractivity contribution in [1.29, 1.82) is 0 Å². The Kier molecular flexibility index (Phi) is 3.69. The molecular weight excluding hydrogens is 244 g/mol. The lowest BCUT2D eigenvalue weighted by Gasteiger charge is -2.20. The fraction of sp³-hybridized carbons (Fsp3) is 0.333. The summed E-state index contributed by atoms with van der Waals surface area (Å²) in [5, 5.41) is 0. The van der Waals surface area contributed by atoms with Crippen molar-refractivity contribution < 1.29 is 19.1 Å². The van der Waals surface area contributed by atoms with E-state index in [1.807, 2.05) is 44.2 Å². The summed E-state index contributed by atoms with van der Waals surface area (Å²) >= 11 is 0. The minimum atomic E-state index is -0.833. The van der Waals surface area contributed by atoms with Gasteiger partial charge in [-0.1, -0.05) is 44.2 Å². The summed E-state index contributed by atoms with van der Waals surface area (Å²) in [4.78, 5) is 23.2. The fourth-order valence-corrected chi connectivity index (χ4v) is 1.82. The lowest BCUT2D eigenvalue weighted by molar-refractivity contribution is -0.159. The molecule has 1 heterocycles. The van der Waals surface area contributed by atoms with Gasteiger partial charge in [-0.2, -0.15) is 0 Å². The fourth-order valence-electron chi connectivity index (χ4n) is 1.82. The summed E-state index contributed by atoms with van der Waals surface area (Å²) in [6.07, 6.45) is 2.13. The average molecular weight is 260 g/mol. The summed E-state index contributed by atoms with van der Waals surface area (Å²) < 4.78 is 10.1. The number of hydrogen-bond donors (Lipinski definition) is 0. The zero-order valence-electron chi connectivity index (χ0n) is 11.0. The van der Waals surface area contributed by atoms with Crippen molar-refractivity contribution in [3.05, 3.63) is 42.0 Å². The van der Waals surface area contributed by atoms with E-state index in [-0.39, 0.29) is 6.61 Å². The molecule has 0 N–H and O–H groups in total.